The van der Waals surface area contributed by atoms with Crippen LogP contribution in [0.4, 0.5) is 4.79 Å². The Balaban J connectivity index is 1.58. The monoisotopic (exact) mass is 365 g/mol. The van der Waals surface area contributed by atoms with Crippen LogP contribution >= 0.6 is 0 Å². The summed E-state index contributed by atoms with van der Waals surface area (Å²) in [4.78, 5) is 49.7. The minimum absolute atomic E-state index is 0.0714. The van der Waals surface area contributed by atoms with Crippen molar-refractivity contribution in [1.82, 2.24) is 15.5 Å². The molecule has 1 saturated heterocycles. The molecule has 26 heavy (non-hydrogen) atoms. The van der Waals surface area contributed by atoms with Crippen LogP contribution in [0.1, 0.15) is 52.9 Å². The van der Waals surface area contributed by atoms with E-state index in [0.717, 1.165) is 24.2 Å². The lowest BCUT2D eigenvalue weighted by atomic mass is 9.64. The number of esters is 1. The topological polar surface area (TPSA) is 105 Å². The summed E-state index contributed by atoms with van der Waals surface area (Å²) in [6.07, 6.45) is 3.98. The van der Waals surface area contributed by atoms with E-state index in [-0.39, 0.29) is 23.3 Å². The lowest BCUT2D eigenvalue weighted by Gasteiger charge is -2.43. The Morgan fingerprint density at radius 1 is 1.27 bits per heavy atom. The minimum atomic E-state index is -0.943. The highest BCUT2D eigenvalue weighted by atomic mass is 16.5. The Kier molecular flexibility index (Phi) is 4.71. The van der Waals surface area contributed by atoms with Gasteiger partial charge in [0.25, 0.3) is 11.8 Å². The molecule has 3 aliphatic rings. The molecule has 0 unspecified atom stereocenters. The van der Waals surface area contributed by atoms with Gasteiger partial charge < -0.3 is 15.4 Å². The zero-order valence-corrected chi connectivity index (χ0v) is 15.6. The van der Waals surface area contributed by atoms with E-state index in [9.17, 15) is 19.2 Å². The van der Waals surface area contributed by atoms with Gasteiger partial charge in [-0.05, 0) is 43.4 Å². The zero-order valence-electron chi connectivity index (χ0n) is 15.6. The van der Waals surface area contributed by atoms with Gasteiger partial charge in [0.05, 0.1) is 0 Å². The van der Waals surface area contributed by atoms with Crippen molar-refractivity contribution in [3.63, 3.8) is 0 Å². The van der Waals surface area contributed by atoms with E-state index in [1.165, 1.54) is 0 Å². The van der Waals surface area contributed by atoms with E-state index < -0.39 is 30.7 Å². The third-order valence-electron chi connectivity index (χ3n) is 5.22. The van der Waals surface area contributed by atoms with Crippen LogP contribution < -0.4 is 10.6 Å². The lowest BCUT2D eigenvalue weighted by Crippen LogP contribution is -2.54. The molecule has 1 aliphatic heterocycles. The molecule has 144 valence electrons. The fraction of sp³-hybridized carbons (Fsp3) is 0.778. The van der Waals surface area contributed by atoms with Gasteiger partial charge in [0.2, 0.25) is 0 Å². The first-order valence-electron chi connectivity index (χ1n) is 9.19. The third kappa shape index (κ3) is 3.99. The smallest absolute Gasteiger partial charge is 0.326 e. The largest absolute Gasteiger partial charge is 0.454 e. The van der Waals surface area contributed by atoms with Crippen molar-refractivity contribution in [3.8, 4) is 0 Å². The normalized spacial score (nSPS) is 30.3. The van der Waals surface area contributed by atoms with E-state index in [1.54, 1.807) is 0 Å². The molecule has 0 aromatic heterocycles. The number of carbonyl (C=O) groups is 4. The number of nitrogens with zero attached hydrogens (tertiary/aromatic N) is 1. The maximum absolute atomic E-state index is 12.9. The molecule has 2 atom stereocenters. The molecule has 3 fully saturated rings. The predicted octanol–water partition coefficient (Wildman–Crippen LogP) is 0.945. The summed E-state index contributed by atoms with van der Waals surface area (Å²) in [6.45, 7) is 5.36. The summed E-state index contributed by atoms with van der Waals surface area (Å²) < 4.78 is 4.90. The van der Waals surface area contributed by atoms with Crippen molar-refractivity contribution in [2.45, 2.75) is 64.5 Å². The van der Waals surface area contributed by atoms with Gasteiger partial charge >= 0.3 is 12.0 Å². The number of imide groups is 1. The highest BCUT2D eigenvalue weighted by Crippen LogP contribution is 2.46. The Hall–Kier alpha value is -2.12. The van der Waals surface area contributed by atoms with E-state index in [4.69, 9.17) is 4.74 Å². The fourth-order valence-corrected chi connectivity index (χ4v) is 4.47. The molecular formula is C18H27N3O5. The second-order valence-electron chi connectivity index (χ2n) is 8.76. The van der Waals surface area contributed by atoms with Crippen LogP contribution in [0.15, 0.2) is 0 Å². The van der Waals surface area contributed by atoms with Crippen LogP contribution in [0, 0.1) is 11.3 Å². The van der Waals surface area contributed by atoms with Gasteiger partial charge in [-0.25, -0.2) is 4.79 Å². The number of hydrogen-bond acceptors (Lipinski definition) is 5. The quantitative estimate of drug-likeness (QED) is 0.557. The van der Waals surface area contributed by atoms with Crippen LogP contribution in [-0.4, -0.2) is 53.4 Å². The van der Waals surface area contributed by atoms with Gasteiger partial charge in [0, 0.05) is 6.04 Å². The first kappa shape index (κ1) is 18.7. The summed E-state index contributed by atoms with van der Waals surface area (Å²) in [5.41, 5.74) is -1.01. The van der Waals surface area contributed by atoms with Crippen LogP contribution in [0.2, 0.25) is 0 Å². The fourth-order valence-electron chi connectivity index (χ4n) is 4.47. The number of nitrogens with one attached hydrogen (secondary N) is 2. The van der Waals surface area contributed by atoms with Crippen molar-refractivity contribution in [3.05, 3.63) is 0 Å². The second kappa shape index (κ2) is 6.55. The minimum Gasteiger partial charge on any atom is -0.454 e. The molecule has 0 radical (unpaired) electrons. The van der Waals surface area contributed by atoms with Crippen LogP contribution in [0.3, 0.4) is 0 Å². The third-order valence-corrected chi connectivity index (χ3v) is 5.22. The van der Waals surface area contributed by atoms with E-state index in [1.807, 2.05) is 0 Å². The Bertz CT molecular complexity index is 643. The second-order valence-corrected chi connectivity index (χ2v) is 8.76. The maximum Gasteiger partial charge on any atom is 0.326 e. The summed E-state index contributed by atoms with van der Waals surface area (Å²) >= 11 is 0. The van der Waals surface area contributed by atoms with Crippen LogP contribution in [0.25, 0.3) is 0 Å². The standard InChI is InChI=1S/C18H27N3O5/c1-11-6-17(2,3)10-18(7-11)15(24)21(16(25)20-18)8-14(23)26-9-13(22)19-12-4-5-12/h11-12H,4-10H2,1-3H3,(H,19,22)(H,20,25)/t11-,18+/m1/s1. The summed E-state index contributed by atoms with van der Waals surface area (Å²) in [7, 11) is 0. The SMILES string of the molecule is C[C@@H]1CC(C)(C)C[C@]2(C1)NC(=O)N(CC(=O)OCC(=O)NC1CC1)C2=O. The number of hydrogen-bond donors (Lipinski definition) is 2. The number of urea groups is 1. The van der Waals surface area contributed by atoms with Gasteiger partial charge in [0.15, 0.2) is 6.61 Å². The first-order chi connectivity index (χ1) is 12.1. The van der Waals surface area contributed by atoms with Gasteiger partial charge in [-0.15, -0.1) is 0 Å². The first-order valence-corrected chi connectivity index (χ1v) is 9.19. The summed E-state index contributed by atoms with van der Waals surface area (Å²) in [5.74, 6) is -1.21. The number of rotatable bonds is 5. The highest BCUT2D eigenvalue weighted by Gasteiger charge is 2.56. The van der Waals surface area contributed by atoms with Gasteiger partial charge in [-0.2, -0.15) is 0 Å². The van der Waals surface area contributed by atoms with Crippen molar-refractivity contribution in [2.24, 2.45) is 11.3 Å². The molecule has 2 saturated carbocycles. The van der Waals surface area contributed by atoms with Crippen LogP contribution in [-0.2, 0) is 19.1 Å². The molecule has 8 nitrogen and oxygen atoms in total. The number of carbonyl (C=O) groups excluding carboxylic acids is 4. The molecule has 0 bridgehead atoms. The van der Waals surface area contributed by atoms with E-state index >= 15 is 0 Å². The Morgan fingerprint density at radius 2 is 1.96 bits per heavy atom. The summed E-state index contributed by atoms with van der Waals surface area (Å²) in [6, 6.07) is -0.386. The average Bonchev–Trinajstić information content (AvgIpc) is 3.28. The van der Waals surface area contributed by atoms with Crippen molar-refractivity contribution in [1.29, 1.82) is 0 Å². The Labute approximate surface area is 153 Å². The Morgan fingerprint density at radius 3 is 2.58 bits per heavy atom. The molecule has 8 heteroatoms. The van der Waals surface area contributed by atoms with Crippen LogP contribution in [0.5, 0.6) is 0 Å². The number of amides is 4. The van der Waals surface area contributed by atoms with Crippen molar-refractivity contribution in [2.75, 3.05) is 13.2 Å². The van der Waals surface area contributed by atoms with Gasteiger partial charge in [0.1, 0.15) is 12.1 Å². The van der Waals surface area contributed by atoms with Gasteiger partial charge in [-0.3, -0.25) is 19.3 Å². The van der Waals surface area contributed by atoms with E-state index in [2.05, 4.69) is 31.4 Å². The molecule has 1 spiro atoms. The predicted molar refractivity (Wildman–Crippen MR) is 91.9 cm³/mol. The number of ether oxygens (including phenoxy) is 1. The molecule has 0 aromatic rings. The highest BCUT2D eigenvalue weighted by molar-refractivity contribution is 6.08. The molecule has 3 rings (SSSR count). The van der Waals surface area contributed by atoms with Gasteiger partial charge in [-0.1, -0.05) is 20.8 Å². The molecule has 2 N–H and O–H groups in total. The van der Waals surface area contributed by atoms with Crippen molar-refractivity contribution >= 4 is 23.8 Å². The molecule has 4 amide bonds. The molecule has 0 aromatic carbocycles. The molecule has 2 aliphatic carbocycles. The average molecular weight is 365 g/mol. The molecular weight excluding hydrogens is 338 g/mol. The van der Waals surface area contributed by atoms with Crippen molar-refractivity contribution < 1.29 is 23.9 Å². The van der Waals surface area contributed by atoms with E-state index in [0.29, 0.717) is 18.8 Å². The lowest BCUT2D eigenvalue weighted by molar-refractivity contribution is -0.151. The maximum atomic E-state index is 12.9. The molecule has 1 heterocycles. The summed E-state index contributed by atoms with van der Waals surface area (Å²) in [5, 5.41) is 5.51. The zero-order chi connectivity index (χ0) is 19.1.